The Labute approximate surface area is 191 Å². The Morgan fingerprint density at radius 3 is 2.21 bits per heavy atom. The van der Waals surface area contributed by atoms with Gasteiger partial charge in [-0.2, -0.15) is 13.2 Å². The van der Waals surface area contributed by atoms with Crippen molar-refractivity contribution in [2.45, 2.75) is 51.7 Å². The smallest absolute Gasteiger partial charge is 0.475 e. The molecule has 2 aliphatic rings. The first-order valence-corrected chi connectivity index (χ1v) is 11.6. The molecule has 0 bridgehead atoms. The predicted octanol–water partition coefficient (Wildman–Crippen LogP) is 4.63. The van der Waals surface area contributed by atoms with Crippen LogP contribution in [0.3, 0.4) is 0 Å². The van der Waals surface area contributed by atoms with Crippen molar-refractivity contribution in [1.82, 2.24) is 14.4 Å². The number of piperazine rings is 1. The second kappa shape index (κ2) is 11.0. The Kier molecular flexibility index (Phi) is 8.40. The SMILES string of the molecule is CCN1CCN(C(=O)c2cn(CC3CCCCC3)c3ccccc23)CC1.O=C(O)C(F)(F)F. The van der Waals surface area contributed by atoms with E-state index in [1.807, 2.05) is 4.90 Å². The molecule has 1 saturated heterocycles. The third kappa shape index (κ3) is 6.50. The zero-order chi connectivity index (χ0) is 24.0. The molecule has 0 atom stereocenters. The average Bonchev–Trinajstić information content (AvgIpc) is 3.17. The van der Waals surface area contributed by atoms with Crippen molar-refractivity contribution in [3.05, 3.63) is 36.0 Å². The topological polar surface area (TPSA) is 65.8 Å². The van der Waals surface area contributed by atoms with Gasteiger partial charge in [-0.3, -0.25) is 4.79 Å². The van der Waals surface area contributed by atoms with E-state index in [9.17, 15) is 18.0 Å². The van der Waals surface area contributed by atoms with Crippen molar-refractivity contribution in [3.8, 4) is 0 Å². The third-order valence-electron chi connectivity index (χ3n) is 6.55. The number of carbonyl (C=O) groups excluding carboxylic acids is 1. The summed E-state index contributed by atoms with van der Waals surface area (Å²) in [6.07, 6.45) is 3.81. The molecule has 1 aromatic carbocycles. The molecule has 0 unspecified atom stereocenters. The summed E-state index contributed by atoms with van der Waals surface area (Å²) in [5.41, 5.74) is 2.11. The van der Waals surface area contributed by atoms with E-state index in [0.29, 0.717) is 0 Å². The number of para-hydroxylation sites is 1. The van der Waals surface area contributed by atoms with E-state index in [1.54, 1.807) is 0 Å². The summed E-state index contributed by atoms with van der Waals surface area (Å²) in [5, 5.41) is 8.24. The summed E-state index contributed by atoms with van der Waals surface area (Å²) in [5.74, 6) is -1.79. The van der Waals surface area contributed by atoms with E-state index < -0.39 is 12.1 Å². The van der Waals surface area contributed by atoms with Crippen molar-refractivity contribution in [2.24, 2.45) is 5.92 Å². The molecule has 2 fully saturated rings. The van der Waals surface area contributed by atoms with Crippen molar-refractivity contribution in [2.75, 3.05) is 32.7 Å². The summed E-state index contributed by atoms with van der Waals surface area (Å²) in [4.78, 5) is 26.6. The number of alkyl halides is 3. The molecule has 182 valence electrons. The van der Waals surface area contributed by atoms with Gasteiger partial charge in [0, 0.05) is 49.8 Å². The molecule has 1 aromatic heterocycles. The molecule has 0 spiro atoms. The van der Waals surface area contributed by atoms with Crippen LogP contribution >= 0.6 is 0 Å². The van der Waals surface area contributed by atoms with Crippen LogP contribution in [0.4, 0.5) is 13.2 Å². The van der Waals surface area contributed by atoms with E-state index in [1.165, 1.54) is 37.6 Å². The monoisotopic (exact) mass is 467 g/mol. The number of benzene rings is 1. The largest absolute Gasteiger partial charge is 0.490 e. The zero-order valence-electron chi connectivity index (χ0n) is 19.0. The normalized spacial score (nSPS) is 18.1. The van der Waals surface area contributed by atoms with Crippen LogP contribution in [0.5, 0.6) is 0 Å². The van der Waals surface area contributed by atoms with Gasteiger partial charge in [-0.1, -0.05) is 44.4 Å². The number of rotatable bonds is 4. The quantitative estimate of drug-likeness (QED) is 0.712. The molecule has 2 aromatic rings. The van der Waals surface area contributed by atoms with Gasteiger partial charge in [-0.15, -0.1) is 0 Å². The lowest BCUT2D eigenvalue weighted by Crippen LogP contribution is -2.48. The molecular formula is C24H32F3N3O3. The summed E-state index contributed by atoms with van der Waals surface area (Å²) in [6, 6.07) is 8.43. The van der Waals surface area contributed by atoms with Gasteiger partial charge in [-0.25, -0.2) is 4.79 Å². The highest BCUT2D eigenvalue weighted by atomic mass is 19.4. The highest BCUT2D eigenvalue weighted by Crippen LogP contribution is 2.29. The first-order chi connectivity index (χ1) is 15.7. The Morgan fingerprint density at radius 1 is 1.03 bits per heavy atom. The van der Waals surface area contributed by atoms with Gasteiger partial charge in [0.25, 0.3) is 5.91 Å². The lowest BCUT2D eigenvalue weighted by atomic mass is 9.89. The number of carboxylic acid groups (broad SMARTS) is 1. The summed E-state index contributed by atoms with van der Waals surface area (Å²) < 4.78 is 34.1. The second-order valence-electron chi connectivity index (χ2n) is 8.75. The van der Waals surface area contributed by atoms with Gasteiger partial charge in [0.2, 0.25) is 0 Å². The number of aromatic nitrogens is 1. The molecule has 1 amide bonds. The van der Waals surface area contributed by atoms with Crippen LogP contribution in [0.1, 0.15) is 49.4 Å². The Hall–Kier alpha value is -2.55. The first kappa shape index (κ1) is 25.1. The van der Waals surface area contributed by atoms with Crippen LogP contribution in [-0.2, 0) is 11.3 Å². The molecule has 6 nitrogen and oxygen atoms in total. The van der Waals surface area contributed by atoms with Crippen molar-refractivity contribution >= 4 is 22.8 Å². The molecule has 2 heterocycles. The lowest BCUT2D eigenvalue weighted by Gasteiger charge is -2.34. The summed E-state index contributed by atoms with van der Waals surface area (Å²) in [7, 11) is 0. The number of amides is 1. The van der Waals surface area contributed by atoms with E-state index in [0.717, 1.165) is 56.1 Å². The van der Waals surface area contributed by atoms with E-state index in [-0.39, 0.29) is 5.91 Å². The van der Waals surface area contributed by atoms with Crippen LogP contribution in [0, 0.1) is 5.92 Å². The van der Waals surface area contributed by atoms with Crippen molar-refractivity contribution in [1.29, 1.82) is 0 Å². The predicted molar refractivity (Wildman–Crippen MR) is 120 cm³/mol. The van der Waals surface area contributed by atoms with Crippen LogP contribution in [0.2, 0.25) is 0 Å². The Bertz CT molecular complexity index is 943. The minimum Gasteiger partial charge on any atom is -0.475 e. The van der Waals surface area contributed by atoms with Gasteiger partial charge in [0.1, 0.15) is 0 Å². The number of hydrogen-bond acceptors (Lipinski definition) is 3. The van der Waals surface area contributed by atoms with E-state index >= 15 is 0 Å². The molecule has 0 radical (unpaired) electrons. The minimum atomic E-state index is -5.08. The Balaban J connectivity index is 0.000000383. The van der Waals surface area contributed by atoms with Gasteiger partial charge >= 0.3 is 12.1 Å². The average molecular weight is 468 g/mol. The van der Waals surface area contributed by atoms with Gasteiger partial charge < -0.3 is 19.5 Å². The fourth-order valence-corrected chi connectivity index (χ4v) is 4.65. The molecule has 1 aliphatic heterocycles. The van der Waals surface area contributed by atoms with E-state index in [4.69, 9.17) is 9.90 Å². The fourth-order valence-electron chi connectivity index (χ4n) is 4.65. The highest BCUT2D eigenvalue weighted by Gasteiger charge is 2.38. The third-order valence-corrected chi connectivity index (χ3v) is 6.55. The minimum absolute atomic E-state index is 0.208. The molecule has 4 rings (SSSR count). The van der Waals surface area contributed by atoms with Crippen molar-refractivity contribution < 1.29 is 27.9 Å². The molecule has 1 N–H and O–H groups in total. The van der Waals surface area contributed by atoms with Gasteiger partial charge in [-0.05, 0) is 31.4 Å². The van der Waals surface area contributed by atoms with Gasteiger partial charge in [0.15, 0.2) is 0 Å². The fraction of sp³-hybridized carbons (Fsp3) is 0.583. The summed E-state index contributed by atoms with van der Waals surface area (Å²) in [6.45, 7) is 7.98. The number of likely N-dealkylation sites (N-methyl/N-ethyl adjacent to an activating group) is 1. The first-order valence-electron chi connectivity index (χ1n) is 11.6. The maximum atomic E-state index is 13.2. The van der Waals surface area contributed by atoms with E-state index in [2.05, 4.69) is 46.9 Å². The zero-order valence-corrected chi connectivity index (χ0v) is 19.0. The number of hydrogen-bond donors (Lipinski definition) is 1. The number of aliphatic carboxylic acids is 1. The molecule has 33 heavy (non-hydrogen) atoms. The number of carboxylic acids is 1. The van der Waals surface area contributed by atoms with Crippen molar-refractivity contribution in [3.63, 3.8) is 0 Å². The van der Waals surface area contributed by atoms with Crippen LogP contribution < -0.4 is 0 Å². The maximum Gasteiger partial charge on any atom is 0.490 e. The molecule has 1 saturated carbocycles. The maximum absolute atomic E-state index is 13.2. The molecular weight excluding hydrogens is 435 g/mol. The van der Waals surface area contributed by atoms with Crippen LogP contribution in [-0.4, -0.2) is 70.3 Å². The second-order valence-corrected chi connectivity index (χ2v) is 8.75. The number of carbonyl (C=O) groups is 2. The highest BCUT2D eigenvalue weighted by molar-refractivity contribution is 6.07. The Morgan fingerprint density at radius 2 is 1.64 bits per heavy atom. The van der Waals surface area contributed by atoms with Crippen LogP contribution in [0.15, 0.2) is 30.5 Å². The summed E-state index contributed by atoms with van der Waals surface area (Å²) >= 11 is 0. The number of nitrogens with zero attached hydrogens (tertiary/aromatic N) is 3. The number of halogens is 3. The molecule has 1 aliphatic carbocycles. The lowest BCUT2D eigenvalue weighted by molar-refractivity contribution is -0.192. The number of fused-ring (bicyclic) bond motifs is 1. The molecule has 9 heteroatoms. The standard InChI is InChI=1S/C22H31N3O.C2HF3O2/c1-2-23-12-14-24(15-13-23)22(26)20-17-25(16-18-8-4-3-5-9-18)21-11-7-6-10-19(20)21;3-2(4,5)1(6)7/h6-7,10-11,17-18H,2-5,8-9,12-16H2,1H3;(H,6,7). The van der Waals surface area contributed by atoms with Crippen LogP contribution in [0.25, 0.3) is 10.9 Å². The van der Waals surface area contributed by atoms with Gasteiger partial charge in [0.05, 0.1) is 5.56 Å².